The molecule has 178 valence electrons. The molecular formula is C30H36Cl2SiZr. The van der Waals surface area contributed by atoms with Crippen LogP contribution in [0.15, 0.2) is 54.6 Å². The number of benzene rings is 2. The molecular weight excluding hydrogens is 551 g/mol. The van der Waals surface area contributed by atoms with E-state index < -0.39 is 0 Å². The molecule has 6 rings (SSSR count). The van der Waals surface area contributed by atoms with Gasteiger partial charge in [-0.05, 0) is 38.5 Å². The van der Waals surface area contributed by atoms with Gasteiger partial charge in [-0.25, -0.2) is 0 Å². The molecule has 34 heavy (non-hydrogen) atoms. The predicted molar refractivity (Wildman–Crippen MR) is 139 cm³/mol. The largest absolute Gasteiger partial charge is 4.00 e. The molecule has 0 bridgehead atoms. The summed E-state index contributed by atoms with van der Waals surface area (Å²) >= 11 is 0. The van der Waals surface area contributed by atoms with E-state index in [0.29, 0.717) is 5.92 Å². The Morgan fingerprint density at radius 2 is 1.35 bits per heavy atom. The zero-order valence-electron chi connectivity index (χ0n) is 21.0. The first-order chi connectivity index (χ1) is 15.1. The number of hydrogen-bond donors (Lipinski definition) is 0. The molecule has 0 N–H and O–H groups in total. The Hall–Kier alpha value is -0.660. The summed E-state index contributed by atoms with van der Waals surface area (Å²) in [5.41, 5.74) is 7.90. The summed E-state index contributed by atoms with van der Waals surface area (Å²) in [4.78, 5) is 0. The molecule has 2 aliphatic rings. The first-order valence-corrected chi connectivity index (χ1v) is 14.1. The van der Waals surface area contributed by atoms with Gasteiger partial charge in [0.2, 0.25) is 0 Å². The second-order valence-electron chi connectivity index (χ2n) is 9.29. The summed E-state index contributed by atoms with van der Waals surface area (Å²) in [7, 11) is 1.08. The summed E-state index contributed by atoms with van der Waals surface area (Å²) in [5.74, 6) is 0.692. The first-order valence-electron chi connectivity index (χ1n) is 12.1. The Morgan fingerprint density at radius 3 is 1.94 bits per heavy atom. The summed E-state index contributed by atoms with van der Waals surface area (Å²) in [5, 5.41) is 5.79. The van der Waals surface area contributed by atoms with Crippen LogP contribution >= 0.6 is 0 Å². The Labute approximate surface area is 240 Å². The second-order valence-corrected chi connectivity index (χ2v) is 10.3. The van der Waals surface area contributed by atoms with Crippen LogP contribution < -0.4 is 24.8 Å². The van der Waals surface area contributed by atoms with Crippen LogP contribution in [0.25, 0.3) is 21.5 Å². The minimum Gasteiger partial charge on any atom is -1.00 e. The maximum absolute atomic E-state index is 2.46. The molecule has 4 aromatic rings. The molecule has 0 heterocycles. The van der Waals surface area contributed by atoms with Gasteiger partial charge in [-0.1, -0.05) is 61.5 Å². The molecule has 0 saturated heterocycles. The minimum atomic E-state index is 0. The molecule has 0 fully saturated rings. The van der Waals surface area contributed by atoms with E-state index in [2.05, 4.69) is 81.5 Å². The molecule has 2 aliphatic carbocycles. The standard InChI is InChI=1S/C16H19.C12H11.C2H6Si.2ClH.Zr/c1-3-11(2)15-8-7-14-9-12-5-4-6-13(12)10-16(14)15;1-3-9-7-11-5-2-6-12(11)8-10(9)4-1;1-3-2;;;/h7-11H,3-6H2,1-2H3;1,3-4,7-8H,2,5-6H2;1-2H3;2*1H;/q2*-1;;;;+4/p-2. The molecule has 4 aromatic carbocycles. The number of halogens is 2. The van der Waals surface area contributed by atoms with E-state index >= 15 is 0 Å². The van der Waals surface area contributed by atoms with Crippen molar-refractivity contribution in [2.75, 3.05) is 0 Å². The molecule has 0 spiro atoms. The summed E-state index contributed by atoms with van der Waals surface area (Å²) in [6, 6.07) is 20.8. The van der Waals surface area contributed by atoms with Crippen molar-refractivity contribution in [3.8, 4) is 0 Å². The first kappa shape index (κ1) is 31.4. The van der Waals surface area contributed by atoms with Gasteiger partial charge in [-0.2, -0.15) is 17.7 Å². The number of fused-ring (bicyclic) bond motifs is 4. The van der Waals surface area contributed by atoms with E-state index in [1.807, 2.05) is 0 Å². The Bertz CT molecular complexity index is 1120. The van der Waals surface area contributed by atoms with Crippen molar-refractivity contribution in [3.05, 3.63) is 82.4 Å². The second kappa shape index (κ2) is 14.8. The third-order valence-corrected chi connectivity index (χ3v) is 7.01. The van der Waals surface area contributed by atoms with Crippen LogP contribution in [-0.4, -0.2) is 9.52 Å². The van der Waals surface area contributed by atoms with Gasteiger partial charge in [-0.3, -0.25) is 0 Å². The molecule has 1 unspecified atom stereocenters. The zero-order chi connectivity index (χ0) is 21.8. The van der Waals surface area contributed by atoms with Crippen molar-refractivity contribution in [2.24, 2.45) is 0 Å². The summed E-state index contributed by atoms with van der Waals surface area (Å²) < 4.78 is 0. The van der Waals surface area contributed by atoms with Crippen LogP contribution in [0.4, 0.5) is 0 Å². The minimum absolute atomic E-state index is 0. The fourth-order valence-electron chi connectivity index (χ4n) is 5.16. The van der Waals surface area contributed by atoms with Crippen molar-refractivity contribution in [3.63, 3.8) is 0 Å². The summed E-state index contributed by atoms with van der Waals surface area (Å²) in [6.07, 6.45) is 9.08. The van der Waals surface area contributed by atoms with E-state index in [1.165, 1.54) is 66.5 Å². The van der Waals surface area contributed by atoms with E-state index in [1.54, 1.807) is 27.8 Å². The fourth-order valence-corrected chi connectivity index (χ4v) is 5.16. The maximum Gasteiger partial charge on any atom is 4.00 e. The monoisotopic (exact) mass is 584 g/mol. The third kappa shape index (κ3) is 6.97. The molecule has 4 heteroatoms. The molecule has 0 aromatic heterocycles. The molecule has 0 saturated carbocycles. The van der Waals surface area contributed by atoms with Gasteiger partial charge < -0.3 is 24.8 Å². The average molecular weight is 587 g/mol. The average Bonchev–Trinajstić information content (AvgIpc) is 3.56. The van der Waals surface area contributed by atoms with E-state index in [9.17, 15) is 0 Å². The van der Waals surface area contributed by atoms with Crippen LogP contribution in [0.2, 0.25) is 13.1 Å². The van der Waals surface area contributed by atoms with Crippen molar-refractivity contribution < 1.29 is 51.0 Å². The van der Waals surface area contributed by atoms with Crippen LogP contribution in [0.1, 0.15) is 66.8 Å². The van der Waals surface area contributed by atoms with Gasteiger partial charge in [-0.15, -0.1) is 64.0 Å². The fraction of sp³-hybridized carbons (Fsp3) is 0.400. The van der Waals surface area contributed by atoms with Crippen LogP contribution in [0.3, 0.4) is 0 Å². The van der Waals surface area contributed by atoms with E-state index in [-0.39, 0.29) is 51.0 Å². The smallest absolute Gasteiger partial charge is 1.00 e. The third-order valence-electron chi connectivity index (χ3n) is 7.01. The number of rotatable bonds is 2. The van der Waals surface area contributed by atoms with Gasteiger partial charge in [0, 0.05) is 9.52 Å². The van der Waals surface area contributed by atoms with Gasteiger partial charge in [0.25, 0.3) is 0 Å². The van der Waals surface area contributed by atoms with Gasteiger partial charge >= 0.3 is 26.2 Å². The predicted octanol–water partition coefficient (Wildman–Crippen LogP) is 2.40. The van der Waals surface area contributed by atoms with Crippen molar-refractivity contribution in [1.82, 2.24) is 0 Å². The molecule has 1 atom stereocenters. The van der Waals surface area contributed by atoms with Crippen LogP contribution in [0, 0.1) is 0 Å². The Balaban J connectivity index is 0.000000289. The topological polar surface area (TPSA) is 0 Å². The Morgan fingerprint density at radius 1 is 0.824 bits per heavy atom. The van der Waals surface area contributed by atoms with Crippen molar-refractivity contribution >= 4 is 31.1 Å². The van der Waals surface area contributed by atoms with Crippen molar-refractivity contribution in [2.45, 2.75) is 77.8 Å². The van der Waals surface area contributed by atoms with Gasteiger partial charge in [0.1, 0.15) is 0 Å². The van der Waals surface area contributed by atoms with Gasteiger partial charge in [0.05, 0.1) is 0 Å². The SMILES string of the molecule is CCC(C)c1c[cH-]c2cc3c(cc12)CCC3.C[Si]C.[Cl-].[Cl-].[Zr+4].c1cc2cc3c(cc2[cH-]1)CCC3. The van der Waals surface area contributed by atoms with Crippen molar-refractivity contribution in [1.29, 1.82) is 0 Å². The van der Waals surface area contributed by atoms with Crippen LogP contribution in [0.5, 0.6) is 0 Å². The molecule has 0 nitrogen and oxygen atoms in total. The van der Waals surface area contributed by atoms with E-state index in [4.69, 9.17) is 0 Å². The Kier molecular flexibility index (Phi) is 13.6. The van der Waals surface area contributed by atoms with E-state index in [0.717, 1.165) is 9.52 Å². The quantitative estimate of drug-likeness (QED) is 0.250. The molecule has 2 radical (unpaired) electrons. The maximum atomic E-state index is 2.46. The van der Waals surface area contributed by atoms with Gasteiger partial charge in [0.15, 0.2) is 0 Å². The van der Waals surface area contributed by atoms with Crippen LogP contribution in [-0.2, 0) is 51.9 Å². The molecule has 0 amide bonds. The normalized spacial score (nSPS) is 13.8. The number of hydrogen-bond acceptors (Lipinski definition) is 0. The molecule has 0 aliphatic heterocycles. The zero-order valence-corrected chi connectivity index (χ0v) is 25.9. The summed E-state index contributed by atoms with van der Waals surface area (Å²) in [6.45, 7) is 8.92. The number of aryl methyl sites for hydroxylation is 4.